The fraction of sp³-hybridized carbons (Fsp3) is 0.488. The minimum atomic E-state index is -2.64. The molecule has 0 amide bonds. The Bertz CT molecular complexity index is 1520. The summed E-state index contributed by atoms with van der Waals surface area (Å²) in [5, 5.41) is 6.89. The van der Waals surface area contributed by atoms with E-state index < -0.39 is 8.32 Å². The van der Waals surface area contributed by atoms with E-state index in [2.05, 4.69) is 142 Å². The van der Waals surface area contributed by atoms with Crippen LogP contribution in [0.3, 0.4) is 0 Å². The molecule has 46 heavy (non-hydrogen) atoms. The van der Waals surface area contributed by atoms with Crippen LogP contribution in [0.2, 0.25) is 5.04 Å². The zero-order valence-electron chi connectivity index (χ0n) is 28.5. The molecule has 3 aliphatic rings. The van der Waals surface area contributed by atoms with Gasteiger partial charge in [0.1, 0.15) is 0 Å². The molecule has 0 aromatic heterocycles. The Balaban J connectivity index is 1.28. The molecule has 3 aromatic rings. The van der Waals surface area contributed by atoms with E-state index in [1.165, 1.54) is 27.9 Å². The minimum Gasteiger partial charge on any atom is -0.404 e. The molecule has 0 bridgehead atoms. The first kappa shape index (κ1) is 32.8. The summed E-state index contributed by atoms with van der Waals surface area (Å²) in [4.78, 5) is 3.28. The highest BCUT2D eigenvalue weighted by molar-refractivity contribution is 6.99. The lowest BCUT2D eigenvalue weighted by Crippen LogP contribution is -2.68. The summed E-state index contributed by atoms with van der Waals surface area (Å²) in [6, 6.07) is 33.0. The van der Waals surface area contributed by atoms with Gasteiger partial charge in [0.05, 0.1) is 0 Å². The molecule has 5 heteroatoms. The van der Waals surface area contributed by atoms with Crippen molar-refractivity contribution < 1.29 is 4.43 Å². The number of nitrogens with zero attached hydrogens (tertiary/aromatic N) is 3. The first-order valence-electron chi connectivity index (χ1n) is 17.4. The number of fused-ring (bicyclic) bond motifs is 1. The molecule has 0 saturated heterocycles. The Labute approximate surface area is 278 Å². The van der Waals surface area contributed by atoms with E-state index in [1.807, 2.05) is 0 Å². The summed E-state index contributed by atoms with van der Waals surface area (Å²) < 4.78 is 7.63. The lowest BCUT2D eigenvalue weighted by atomic mass is 9.49. The maximum Gasteiger partial charge on any atom is 0.261 e. The van der Waals surface area contributed by atoms with Crippen LogP contribution < -0.4 is 10.4 Å². The van der Waals surface area contributed by atoms with Crippen LogP contribution in [-0.2, 0) is 4.43 Å². The number of hydrogen-bond donors (Lipinski definition) is 0. The summed E-state index contributed by atoms with van der Waals surface area (Å²) in [7, 11) is -2.64. The second-order valence-electron chi connectivity index (χ2n) is 15.8. The first-order valence-corrected chi connectivity index (χ1v) is 19.3. The second-order valence-corrected chi connectivity index (χ2v) is 20.1. The van der Waals surface area contributed by atoms with Gasteiger partial charge >= 0.3 is 0 Å². The lowest BCUT2D eigenvalue weighted by Gasteiger charge is -2.57. The number of benzene rings is 3. The van der Waals surface area contributed by atoms with Gasteiger partial charge in [0.2, 0.25) is 0 Å². The molecule has 0 spiro atoms. The standard InChI is InChI=1S/C41H52N3OSi/c1-30-28-32(45-46(39(2,3)4,33-18-12-8-13-19-33)34-20-14-9-15-21-34)24-26-40(30,5)38-25-27-41(6)36(31-16-10-7-11-17-31)22-23-37(41)35(38)29-43-44-42/h7-22,30,32,35,37-38H,1,23-29H2,2-6H3/t30-,32-,35-,37-,38-,40+,41+/m0/s1. The highest BCUT2D eigenvalue weighted by atomic mass is 28.4. The van der Waals surface area contributed by atoms with Crippen molar-refractivity contribution in [2.45, 2.75) is 84.3 Å². The van der Waals surface area contributed by atoms with E-state index >= 15 is 0 Å². The van der Waals surface area contributed by atoms with Gasteiger partial charge in [0, 0.05) is 17.6 Å². The predicted molar refractivity (Wildman–Crippen MR) is 194 cm³/mol. The third kappa shape index (κ3) is 5.59. The predicted octanol–water partition coefficient (Wildman–Crippen LogP) is 10.0. The zero-order valence-corrected chi connectivity index (χ0v) is 29.5. The number of rotatable bonds is 8. The van der Waals surface area contributed by atoms with Crippen molar-refractivity contribution in [1.82, 2.24) is 0 Å². The van der Waals surface area contributed by atoms with E-state index in [-0.39, 0.29) is 27.9 Å². The van der Waals surface area contributed by atoms with Gasteiger partial charge in [-0.1, -0.05) is 137 Å². The van der Waals surface area contributed by atoms with Crippen LogP contribution in [0.15, 0.2) is 102 Å². The van der Waals surface area contributed by atoms with Gasteiger partial charge in [-0.15, -0.1) is 0 Å². The highest BCUT2D eigenvalue weighted by Crippen LogP contribution is 2.64. The summed E-state index contributed by atoms with van der Waals surface area (Å²) in [6.07, 6.45) is 9.10. The molecule has 3 aromatic carbocycles. The van der Waals surface area contributed by atoms with E-state index in [0.717, 1.165) is 32.1 Å². The van der Waals surface area contributed by atoms with Crippen molar-refractivity contribution in [3.63, 3.8) is 0 Å². The molecule has 4 nitrogen and oxygen atoms in total. The zero-order chi connectivity index (χ0) is 32.6. The molecule has 7 atom stereocenters. The minimum absolute atomic E-state index is 0.0483. The maximum atomic E-state index is 9.46. The smallest absolute Gasteiger partial charge is 0.261 e. The van der Waals surface area contributed by atoms with E-state index in [0.29, 0.717) is 24.3 Å². The van der Waals surface area contributed by atoms with Gasteiger partial charge in [-0.3, -0.25) is 0 Å². The van der Waals surface area contributed by atoms with Crippen molar-refractivity contribution in [2.24, 2.45) is 39.6 Å². The van der Waals surface area contributed by atoms with Crippen LogP contribution >= 0.6 is 0 Å². The van der Waals surface area contributed by atoms with Gasteiger partial charge < -0.3 is 4.43 Å². The van der Waals surface area contributed by atoms with E-state index in [9.17, 15) is 5.53 Å². The number of allylic oxidation sites excluding steroid dienone is 2. The second kappa shape index (κ2) is 12.8. The van der Waals surface area contributed by atoms with Gasteiger partial charge in [-0.2, -0.15) is 0 Å². The van der Waals surface area contributed by atoms with Crippen molar-refractivity contribution in [3.05, 3.63) is 120 Å². The quantitative estimate of drug-likeness (QED) is 0.106. The Morgan fingerprint density at radius 2 is 1.46 bits per heavy atom. The molecule has 1 radical (unpaired) electrons. The Morgan fingerprint density at radius 1 is 0.870 bits per heavy atom. The Kier molecular flexibility index (Phi) is 9.15. The molecular formula is C41H52N3OSi. The molecule has 0 aliphatic heterocycles. The number of hydrogen-bond acceptors (Lipinski definition) is 2. The van der Waals surface area contributed by atoms with Gasteiger partial charge in [0.15, 0.2) is 0 Å². The van der Waals surface area contributed by atoms with Crippen LogP contribution in [0.4, 0.5) is 0 Å². The van der Waals surface area contributed by atoms with Crippen molar-refractivity contribution >= 4 is 24.3 Å². The molecule has 241 valence electrons. The molecule has 2 saturated carbocycles. The van der Waals surface area contributed by atoms with Crippen LogP contribution in [0, 0.1) is 41.4 Å². The van der Waals surface area contributed by atoms with Crippen molar-refractivity contribution in [2.75, 3.05) is 6.54 Å². The lowest BCUT2D eigenvalue weighted by molar-refractivity contribution is -0.0618. The van der Waals surface area contributed by atoms with Gasteiger partial charge in [0.25, 0.3) is 8.32 Å². The first-order chi connectivity index (χ1) is 22.0. The molecular weight excluding hydrogens is 579 g/mol. The average molecular weight is 631 g/mol. The van der Waals surface area contributed by atoms with Crippen molar-refractivity contribution in [3.8, 4) is 0 Å². The molecule has 6 rings (SSSR count). The Hall–Kier alpha value is -3.11. The molecule has 3 aliphatic carbocycles. The largest absolute Gasteiger partial charge is 0.404 e. The fourth-order valence-corrected chi connectivity index (χ4v) is 14.8. The SMILES string of the molecule is [CH2][C@H]1C[C@@H](O[Si](c2ccccc2)(c2ccccc2)C(C)(C)C)CC[C@@]1(C)[C@H]1CC[C@]2(C)C(c3ccccc3)=CC[C@H]2[C@@H]1CN=[N+]=[N-]. The summed E-state index contributed by atoms with van der Waals surface area (Å²) in [5.41, 5.74) is 12.5. The van der Waals surface area contributed by atoms with Crippen LogP contribution in [0.5, 0.6) is 0 Å². The third-order valence-corrected chi connectivity index (χ3v) is 17.6. The maximum absolute atomic E-state index is 9.46. The van der Waals surface area contributed by atoms with E-state index in [4.69, 9.17) is 11.3 Å². The Morgan fingerprint density at radius 3 is 2.00 bits per heavy atom. The third-order valence-electron chi connectivity index (χ3n) is 12.6. The summed E-state index contributed by atoms with van der Waals surface area (Å²) in [5.74, 6) is 1.55. The number of azide groups is 1. The van der Waals surface area contributed by atoms with Gasteiger partial charge in [-0.05, 0) is 112 Å². The normalized spacial score (nSPS) is 31.4. The fourth-order valence-electron chi connectivity index (χ4n) is 10.0. The van der Waals surface area contributed by atoms with E-state index in [1.54, 1.807) is 0 Å². The van der Waals surface area contributed by atoms with Gasteiger partial charge in [-0.25, -0.2) is 0 Å². The van der Waals surface area contributed by atoms with Crippen molar-refractivity contribution in [1.29, 1.82) is 0 Å². The summed E-state index contributed by atoms with van der Waals surface area (Å²) >= 11 is 0. The van der Waals surface area contributed by atoms with Crippen LogP contribution in [0.25, 0.3) is 16.0 Å². The molecule has 2 fully saturated rings. The van der Waals surface area contributed by atoms with Crippen LogP contribution in [0.1, 0.15) is 78.7 Å². The topological polar surface area (TPSA) is 58.0 Å². The highest BCUT2D eigenvalue weighted by Gasteiger charge is 2.57. The molecule has 0 N–H and O–H groups in total. The monoisotopic (exact) mass is 630 g/mol. The summed E-state index contributed by atoms with van der Waals surface area (Å²) in [6.45, 7) is 17.6. The van der Waals surface area contributed by atoms with Crippen LogP contribution in [-0.4, -0.2) is 21.0 Å². The molecule has 0 unspecified atom stereocenters. The molecule has 0 heterocycles. The average Bonchev–Trinajstić information content (AvgIpc) is 3.42.